The number of rotatable bonds is 5. The van der Waals surface area contributed by atoms with Crippen molar-refractivity contribution in [3.63, 3.8) is 0 Å². The number of ether oxygens (including phenoxy) is 1. The van der Waals surface area contributed by atoms with E-state index in [1.807, 2.05) is 20.8 Å². The van der Waals surface area contributed by atoms with E-state index in [1.165, 1.54) is 0 Å². The molecule has 0 aromatic carbocycles. The molecular weight excluding hydrogens is 362 g/mol. The highest BCUT2D eigenvalue weighted by atomic mass is 127. The van der Waals surface area contributed by atoms with Crippen LogP contribution in [0.5, 0.6) is 0 Å². The SMILES string of the molecule is CC(C)(C)NC(N)=NCCCOCC(F)(F)F.I. The van der Waals surface area contributed by atoms with Gasteiger partial charge in [0, 0.05) is 18.7 Å². The first kappa shape index (κ1) is 20.1. The summed E-state index contributed by atoms with van der Waals surface area (Å²) >= 11 is 0. The smallest absolute Gasteiger partial charge is 0.372 e. The van der Waals surface area contributed by atoms with Crippen molar-refractivity contribution in [3.05, 3.63) is 0 Å². The monoisotopic (exact) mass is 383 g/mol. The summed E-state index contributed by atoms with van der Waals surface area (Å²) in [5.74, 6) is 0.285. The lowest BCUT2D eigenvalue weighted by Gasteiger charge is -2.20. The third-order valence-electron chi connectivity index (χ3n) is 1.50. The number of hydrogen-bond acceptors (Lipinski definition) is 2. The van der Waals surface area contributed by atoms with Crippen molar-refractivity contribution in [2.24, 2.45) is 10.7 Å². The van der Waals surface area contributed by atoms with Crippen molar-refractivity contribution in [1.29, 1.82) is 0 Å². The highest BCUT2D eigenvalue weighted by Crippen LogP contribution is 2.14. The van der Waals surface area contributed by atoms with Gasteiger partial charge in [-0.1, -0.05) is 0 Å². The maximum absolute atomic E-state index is 11.7. The van der Waals surface area contributed by atoms with E-state index in [-0.39, 0.29) is 42.1 Å². The summed E-state index contributed by atoms with van der Waals surface area (Å²) in [6.07, 6.45) is -3.86. The van der Waals surface area contributed by atoms with Gasteiger partial charge in [0.15, 0.2) is 5.96 Å². The van der Waals surface area contributed by atoms with Gasteiger partial charge in [-0.3, -0.25) is 4.99 Å². The molecule has 0 aliphatic carbocycles. The van der Waals surface area contributed by atoms with E-state index in [4.69, 9.17) is 5.73 Å². The van der Waals surface area contributed by atoms with Gasteiger partial charge in [0.1, 0.15) is 6.61 Å². The number of nitrogens with zero attached hydrogens (tertiary/aromatic N) is 1. The number of alkyl halides is 3. The third kappa shape index (κ3) is 15.8. The van der Waals surface area contributed by atoms with Crippen LogP contribution in [0.3, 0.4) is 0 Å². The van der Waals surface area contributed by atoms with Crippen molar-refractivity contribution >= 4 is 29.9 Å². The maximum Gasteiger partial charge on any atom is 0.411 e. The van der Waals surface area contributed by atoms with Gasteiger partial charge < -0.3 is 15.8 Å². The van der Waals surface area contributed by atoms with Crippen LogP contribution < -0.4 is 11.1 Å². The molecule has 110 valence electrons. The van der Waals surface area contributed by atoms with Crippen LogP contribution in [0.4, 0.5) is 13.2 Å². The van der Waals surface area contributed by atoms with Crippen molar-refractivity contribution in [2.45, 2.75) is 38.9 Å². The van der Waals surface area contributed by atoms with Crippen LogP contribution in [0.15, 0.2) is 4.99 Å². The van der Waals surface area contributed by atoms with Crippen LogP contribution in [0.2, 0.25) is 0 Å². The van der Waals surface area contributed by atoms with Gasteiger partial charge >= 0.3 is 6.18 Å². The zero-order valence-electron chi connectivity index (χ0n) is 10.8. The molecule has 18 heavy (non-hydrogen) atoms. The zero-order valence-corrected chi connectivity index (χ0v) is 13.1. The van der Waals surface area contributed by atoms with E-state index in [0.717, 1.165) is 0 Å². The van der Waals surface area contributed by atoms with Gasteiger partial charge in [-0.05, 0) is 27.2 Å². The number of nitrogens with one attached hydrogen (secondary N) is 1. The van der Waals surface area contributed by atoms with Gasteiger partial charge in [0.05, 0.1) is 0 Å². The largest absolute Gasteiger partial charge is 0.411 e. The maximum atomic E-state index is 11.7. The summed E-state index contributed by atoms with van der Waals surface area (Å²) in [5, 5.41) is 2.94. The molecule has 0 atom stereocenters. The molecule has 0 bridgehead atoms. The predicted molar refractivity (Wildman–Crippen MR) is 76.3 cm³/mol. The summed E-state index contributed by atoms with van der Waals surface area (Å²) in [6, 6.07) is 0. The highest BCUT2D eigenvalue weighted by molar-refractivity contribution is 14.0. The predicted octanol–water partition coefficient (Wildman–Crippen LogP) is 2.28. The fourth-order valence-corrected chi connectivity index (χ4v) is 0.978. The van der Waals surface area contributed by atoms with E-state index in [2.05, 4.69) is 15.0 Å². The van der Waals surface area contributed by atoms with E-state index in [0.29, 0.717) is 13.0 Å². The summed E-state index contributed by atoms with van der Waals surface area (Å²) in [5.41, 5.74) is 5.38. The lowest BCUT2D eigenvalue weighted by Crippen LogP contribution is -2.45. The van der Waals surface area contributed by atoms with Gasteiger partial charge in [-0.15, -0.1) is 24.0 Å². The van der Waals surface area contributed by atoms with Crippen LogP contribution in [0.25, 0.3) is 0 Å². The molecule has 4 nitrogen and oxygen atoms in total. The lowest BCUT2D eigenvalue weighted by molar-refractivity contribution is -0.173. The second-order valence-electron chi connectivity index (χ2n) is 4.66. The molecule has 3 N–H and O–H groups in total. The second-order valence-corrected chi connectivity index (χ2v) is 4.66. The van der Waals surface area contributed by atoms with Gasteiger partial charge in [0.2, 0.25) is 0 Å². The lowest BCUT2D eigenvalue weighted by atomic mass is 10.1. The Morgan fingerprint density at radius 3 is 2.28 bits per heavy atom. The Labute approximate surface area is 123 Å². The Bertz CT molecular complexity index is 252. The quantitative estimate of drug-likeness (QED) is 0.332. The Hall–Kier alpha value is -0.250. The minimum Gasteiger partial charge on any atom is -0.372 e. The molecule has 0 aliphatic rings. The van der Waals surface area contributed by atoms with Crippen LogP contribution in [0, 0.1) is 0 Å². The molecule has 8 heteroatoms. The van der Waals surface area contributed by atoms with E-state index >= 15 is 0 Å². The van der Waals surface area contributed by atoms with Crippen LogP contribution in [-0.4, -0.2) is 37.4 Å². The van der Waals surface area contributed by atoms with Gasteiger partial charge in [0.25, 0.3) is 0 Å². The van der Waals surface area contributed by atoms with E-state index in [1.54, 1.807) is 0 Å². The Morgan fingerprint density at radius 2 is 1.83 bits per heavy atom. The first-order valence-electron chi connectivity index (χ1n) is 5.33. The van der Waals surface area contributed by atoms with Gasteiger partial charge in [-0.25, -0.2) is 0 Å². The fraction of sp³-hybridized carbons (Fsp3) is 0.900. The van der Waals surface area contributed by atoms with Crippen molar-refractivity contribution in [1.82, 2.24) is 5.32 Å². The molecule has 0 saturated carbocycles. The first-order chi connectivity index (χ1) is 7.60. The van der Waals surface area contributed by atoms with E-state index < -0.39 is 12.8 Å². The molecule has 0 saturated heterocycles. The molecule has 0 rings (SSSR count). The Morgan fingerprint density at radius 1 is 1.28 bits per heavy atom. The fourth-order valence-electron chi connectivity index (χ4n) is 0.978. The number of guanidine groups is 1. The van der Waals surface area contributed by atoms with E-state index in [9.17, 15) is 13.2 Å². The van der Waals surface area contributed by atoms with Crippen LogP contribution in [0.1, 0.15) is 27.2 Å². The number of aliphatic imine (C=N–C) groups is 1. The van der Waals surface area contributed by atoms with Crippen LogP contribution in [-0.2, 0) is 4.74 Å². The molecule has 0 fully saturated rings. The standard InChI is InChI=1S/C10H20F3N3O.HI/c1-9(2,3)16-8(14)15-5-4-6-17-7-10(11,12)13;/h4-7H2,1-3H3,(H3,14,15,16);1H. The van der Waals surface area contributed by atoms with Crippen molar-refractivity contribution in [3.8, 4) is 0 Å². The normalized spacial score (nSPS) is 13.1. The van der Waals surface area contributed by atoms with Crippen LogP contribution >= 0.6 is 24.0 Å². The van der Waals surface area contributed by atoms with Crippen molar-refractivity contribution < 1.29 is 17.9 Å². The Kier molecular flexibility index (Phi) is 9.80. The summed E-state index contributed by atoms with van der Waals surface area (Å²) in [4.78, 5) is 3.97. The van der Waals surface area contributed by atoms with Crippen molar-refractivity contribution in [2.75, 3.05) is 19.8 Å². The second kappa shape index (κ2) is 8.78. The highest BCUT2D eigenvalue weighted by Gasteiger charge is 2.27. The summed E-state index contributed by atoms with van der Waals surface area (Å²) < 4.78 is 39.5. The molecule has 0 heterocycles. The minimum atomic E-state index is -4.27. The molecular formula is C10H21F3IN3O. The molecule has 0 spiro atoms. The topological polar surface area (TPSA) is 59.6 Å². The number of nitrogens with two attached hydrogens (primary N) is 1. The molecule has 0 unspecified atom stereocenters. The molecule has 0 amide bonds. The Balaban J connectivity index is 0. The summed E-state index contributed by atoms with van der Waals surface area (Å²) in [6.45, 7) is 4.94. The number of hydrogen-bond donors (Lipinski definition) is 2. The first-order valence-corrected chi connectivity index (χ1v) is 5.33. The molecule has 0 aromatic heterocycles. The third-order valence-corrected chi connectivity index (χ3v) is 1.50. The summed E-state index contributed by atoms with van der Waals surface area (Å²) in [7, 11) is 0. The molecule has 0 aliphatic heterocycles. The molecule has 0 radical (unpaired) electrons. The molecule has 0 aromatic rings. The van der Waals surface area contributed by atoms with Gasteiger partial charge in [-0.2, -0.15) is 13.2 Å². The number of halogens is 4. The minimum absolute atomic E-state index is 0. The average molecular weight is 383 g/mol. The zero-order chi connectivity index (χ0) is 13.5. The average Bonchev–Trinajstić information content (AvgIpc) is 2.06.